The van der Waals surface area contributed by atoms with Crippen LogP contribution in [0.15, 0.2) is 30.3 Å². The monoisotopic (exact) mass is 405 g/mol. The molecule has 0 radical (unpaired) electrons. The summed E-state index contributed by atoms with van der Waals surface area (Å²) in [7, 11) is 1.74. The number of carbonyl (C=O) groups excluding carboxylic acids is 1. The second-order valence-corrected chi connectivity index (χ2v) is 7.82. The van der Waals surface area contributed by atoms with Crippen LogP contribution in [0.5, 0.6) is 0 Å². The van der Waals surface area contributed by atoms with Gasteiger partial charge in [-0.15, -0.1) is 12.4 Å². The molecule has 2 aromatic rings. The van der Waals surface area contributed by atoms with Crippen LogP contribution >= 0.6 is 12.4 Å². The molecule has 2 heterocycles. The highest BCUT2D eigenvalue weighted by atomic mass is 35.5. The number of nitrogens with zero attached hydrogens (tertiary/aromatic N) is 1. The van der Waals surface area contributed by atoms with Gasteiger partial charge in [-0.2, -0.15) is 0 Å². The maximum atomic E-state index is 12.9. The predicted molar refractivity (Wildman–Crippen MR) is 116 cm³/mol. The first-order valence-corrected chi connectivity index (χ1v) is 9.70. The molecule has 1 aliphatic heterocycles. The van der Waals surface area contributed by atoms with Gasteiger partial charge in [-0.3, -0.25) is 4.79 Å². The number of methoxy groups -OCH3 is 1. The first kappa shape index (κ1) is 22.5. The molecular formula is C22H32ClN3O2. The van der Waals surface area contributed by atoms with Crippen LogP contribution in [0.4, 0.5) is 0 Å². The highest BCUT2D eigenvalue weighted by Gasteiger charge is 2.33. The quantitative estimate of drug-likeness (QED) is 0.772. The lowest BCUT2D eigenvalue weighted by atomic mass is 9.79. The summed E-state index contributed by atoms with van der Waals surface area (Å²) in [5.74, 6) is -0.00369. The van der Waals surface area contributed by atoms with Crippen LogP contribution < -0.4 is 10.6 Å². The Morgan fingerprint density at radius 3 is 2.57 bits per heavy atom. The number of aromatic nitrogens is 1. The molecule has 1 aliphatic rings. The van der Waals surface area contributed by atoms with Crippen LogP contribution in [-0.2, 0) is 4.74 Å². The van der Waals surface area contributed by atoms with Crippen LogP contribution in [0.2, 0.25) is 0 Å². The molecule has 5 nitrogen and oxygen atoms in total. The summed E-state index contributed by atoms with van der Waals surface area (Å²) in [6.07, 6.45) is 2.03. The number of nitrogens with one attached hydrogen (secondary N) is 2. The number of benzene rings is 1. The molecule has 1 fully saturated rings. The van der Waals surface area contributed by atoms with Gasteiger partial charge in [0.1, 0.15) is 0 Å². The van der Waals surface area contributed by atoms with Gasteiger partial charge in [0.15, 0.2) is 0 Å². The van der Waals surface area contributed by atoms with E-state index in [-0.39, 0.29) is 23.7 Å². The van der Waals surface area contributed by atoms with Gasteiger partial charge in [0.25, 0.3) is 5.91 Å². The average molecular weight is 406 g/mol. The Morgan fingerprint density at radius 1 is 1.21 bits per heavy atom. The van der Waals surface area contributed by atoms with Gasteiger partial charge < -0.3 is 19.9 Å². The van der Waals surface area contributed by atoms with E-state index < -0.39 is 0 Å². The van der Waals surface area contributed by atoms with Crippen molar-refractivity contribution >= 4 is 18.3 Å². The van der Waals surface area contributed by atoms with Gasteiger partial charge in [0.2, 0.25) is 0 Å². The number of ether oxygens (including phenoxy) is 1. The Hall–Kier alpha value is -1.82. The molecule has 1 saturated heterocycles. The van der Waals surface area contributed by atoms with Crippen LogP contribution in [0, 0.1) is 26.2 Å². The summed E-state index contributed by atoms with van der Waals surface area (Å²) in [6, 6.07) is 10.3. The van der Waals surface area contributed by atoms with Crippen LogP contribution in [-0.4, -0.2) is 43.8 Å². The Labute approximate surface area is 174 Å². The fourth-order valence-electron chi connectivity index (χ4n) is 4.16. The summed E-state index contributed by atoms with van der Waals surface area (Å²) in [5.41, 5.74) is 5.11. The lowest BCUT2D eigenvalue weighted by Gasteiger charge is -2.37. The third-order valence-electron chi connectivity index (χ3n) is 5.67. The molecule has 0 unspecified atom stereocenters. The Bertz CT molecular complexity index is 805. The van der Waals surface area contributed by atoms with Crippen molar-refractivity contribution in [3.63, 3.8) is 0 Å². The van der Waals surface area contributed by atoms with E-state index >= 15 is 0 Å². The van der Waals surface area contributed by atoms with Crippen molar-refractivity contribution in [1.82, 2.24) is 15.2 Å². The maximum Gasteiger partial charge on any atom is 0.253 e. The van der Waals surface area contributed by atoms with Crippen molar-refractivity contribution in [3.8, 4) is 5.69 Å². The second-order valence-electron chi connectivity index (χ2n) is 7.82. The van der Waals surface area contributed by atoms with Crippen LogP contribution in [0.25, 0.3) is 5.69 Å². The summed E-state index contributed by atoms with van der Waals surface area (Å²) in [4.78, 5) is 12.9. The minimum absolute atomic E-state index is 0. The molecule has 2 N–H and O–H groups in total. The number of rotatable bonds is 6. The van der Waals surface area contributed by atoms with Crippen molar-refractivity contribution in [3.05, 3.63) is 52.8 Å². The predicted octanol–water partition coefficient (Wildman–Crippen LogP) is 3.57. The van der Waals surface area contributed by atoms with Crippen molar-refractivity contribution in [1.29, 1.82) is 0 Å². The molecule has 0 aliphatic carbocycles. The fourth-order valence-corrected chi connectivity index (χ4v) is 4.16. The van der Waals surface area contributed by atoms with Gasteiger partial charge in [0, 0.05) is 36.1 Å². The SMILES string of the molecule is COCC1(CNC(=O)c2cc(C)n(-c3cccc(C)c3)c2C)CCNCC1.Cl. The number of piperidine rings is 1. The second kappa shape index (κ2) is 9.59. The van der Waals surface area contributed by atoms with Crippen molar-refractivity contribution in [2.75, 3.05) is 33.4 Å². The highest BCUT2D eigenvalue weighted by Crippen LogP contribution is 2.28. The summed E-state index contributed by atoms with van der Waals surface area (Å²) in [6.45, 7) is 9.42. The topological polar surface area (TPSA) is 55.3 Å². The molecule has 3 rings (SSSR count). The molecule has 28 heavy (non-hydrogen) atoms. The van der Waals surface area contributed by atoms with Gasteiger partial charge in [-0.25, -0.2) is 0 Å². The summed E-state index contributed by atoms with van der Waals surface area (Å²) >= 11 is 0. The minimum atomic E-state index is -0.00369. The molecule has 6 heteroatoms. The van der Waals surface area contributed by atoms with Gasteiger partial charge in [0.05, 0.1) is 12.2 Å². The third-order valence-corrected chi connectivity index (χ3v) is 5.67. The molecule has 1 amide bonds. The molecule has 0 saturated carbocycles. The normalized spacial score (nSPS) is 15.7. The molecular weight excluding hydrogens is 374 g/mol. The lowest BCUT2D eigenvalue weighted by Crippen LogP contribution is -2.47. The zero-order valence-corrected chi connectivity index (χ0v) is 18.1. The van der Waals surface area contributed by atoms with Gasteiger partial charge in [-0.05, 0) is 70.5 Å². The van der Waals surface area contributed by atoms with Crippen LogP contribution in [0.3, 0.4) is 0 Å². The molecule has 0 atom stereocenters. The van der Waals surface area contributed by atoms with E-state index in [1.54, 1.807) is 7.11 Å². The van der Waals surface area contributed by atoms with Crippen molar-refractivity contribution in [2.24, 2.45) is 5.41 Å². The van der Waals surface area contributed by atoms with Crippen molar-refractivity contribution in [2.45, 2.75) is 33.6 Å². The Balaban J connectivity index is 0.00000280. The van der Waals surface area contributed by atoms with E-state index in [0.29, 0.717) is 13.2 Å². The first-order valence-electron chi connectivity index (χ1n) is 9.70. The van der Waals surface area contributed by atoms with Crippen LogP contribution in [0.1, 0.15) is 40.2 Å². The van der Waals surface area contributed by atoms with E-state index in [1.807, 2.05) is 19.9 Å². The van der Waals surface area contributed by atoms with Crippen molar-refractivity contribution < 1.29 is 9.53 Å². The molecule has 0 spiro atoms. The number of hydrogen-bond acceptors (Lipinski definition) is 3. The average Bonchev–Trinajstić information content (AvgIpc) is 2.95. The fraction of sp³-hybridized carbons (Fsp3) is 0.500. The molecule has 0 bridgehead atoms. The van der Waals surface area contributed by atoms with E-state index in [2.05, 4.69) is 46.4 Å². The number of aryl methyl sites for hydroxylation is 2. The Kier molecular flexibility index (Phi) is 7.70. The zero-order chi connectivity index (χ0) is 19.4. The summed E-state index contributed by atoms with van der Waals surface area (Å²) < 4.78 is 7.61. The third kappa shape index (κ3) is 4.77. The summed E-state index contributed by atoms with van der Waals surface area (Å²) in [5, 5.41) is 6.57. The maximum absolute atomic E-state index is 12.9. The largest absolute Gasteiger partial charge is 0.384 e. The lowest BCUT2D eigenvalue weighted by molar-refractivity contribution is 0.0511. The van der Waals surface area contributed by atoms with E-state index in [4.69, 9.17) is 4.74 Å². The van der Waals surface area contributed by atoms with Gasteiger partial charge in [-0.1, -0.05) is 12.1 Å². The first-order chi connectivity index (χ1) is 13.0. The standard InChI is InChI=1S/C22H31N3O2.ClH/c1-16-6-5-7-19(12-16)25-17(2)13-20(18(25)3)21(26)24-14-22(15-27-4)8-10-23-11-9-22;/h5-7,12-13,23H,8-11,14-15H2,1-4H3,(H,24,26);1H. The number of hydrogen-bond donors (Lipinski definition) is 2. The number of halogens is 1. The smallest absolute Gasteiger partial charge is 0.253 e. The molecule has 1 aromatic carbocycles. The van der Waals surface area contributed by atoms with E-state index in [9.17, 15) is 4.79 Å². The number of carbonyl (C=O) groups is 1. The molecule has 154 valence electrons. The van der Waals surface area contributed by atoms with E-state index in [0.717, 1.165) is 48.6 Å². The highest BCUT2D eigenvalue weighted by molar-refractivity contribution is 5.96. The number of amides is 1. The van der Waals surface area contributed by atoms with Gasteiger partial charge >= 0.3 is 0 Å². The minimum Gasteiger partial charge on any atom is -0.384 e. The molecule has 1 aromatic heterocycles. The van der Waals surface area contributed by atoms with E-state index in [1.165, 1.54) is 5.56 Å². The zero-order valence-electron chi connectivity index (χ0n) is 17.3. The Morgan fingerprint density at radius 2 is 1.93 bits per heavy atom.